The Morgan fingerprint density at radius 1 is 1.69 bits per heavy atom. The second kappa shape index (κ2) is 6.48. The molecule has 1 rings (SSSR count). The molecule has 0 aliphatic rings. The van der Waals surface area contributed by atoms with E-state index >= 15 is 0 Å². The van der Waals surface area contributed by atoms with Crippen molar-refractivity contribution >= 4 is 18.4 Å². The molecule has 0 atom stereocenters. The maximum atomic E-state index is 10.9. The number of ether oxygens (including phenoxy) is 1. The number of H-pyrrole nitrogens is 1. The predicted molar refractivity (Wildman–Crippen MR) is 50.8 cm³/mol. The third-order valence-corrected chi connectivity index (χ3v) is 1.46. The summed E-state index contributed by atoms with van der Waals surface area (Å²) in [5.74, 6) is -0.160. The van der Waals surface area contributed by atoms with Crippen LogP contribution in [0.4, 0.5) is 0 Å². The van der Waals surface area contributed by atoms with Gasteiger partial charge in [0.05, 0.1) is 19.4 Å². The summed E-state index contributed by atoms with van der Waals surface area (Å²) >= 11 is 0. The molecule has 0 fully saturated rings. The number of aromatic nitrogens is 2. The molecule has 0 unspecified atom stereocenters. The topological polar surface area (TPSA) is 55.0 Å². The van der Waals surface area contributed by atoms with Gasteiger partial charge in [-0.25, -0.2) is 4.98 Å². The molecule has 1 N–H and O–H groups in total. The summed E-state index contributed by atoms with van der Waals surface area (Å²) in [5, 5.41) is 0. The van der Waals surface area contributed by atoms with Gasteiger partial charge >= 0.3 is 5.97 Å². The number of aryl methyl sites for hydroxylation is 1. The van der Waals surface area contributed by atoms with E-state index in [0.29, 0.717) is 19.4 Å². The van der Waals surface area contributed by atoms with Crippen LogP contribution in [-0.2, 0) is 16.0 Å². The van der Waals surface area contributed by atoms with E-state index < -0.39 is 0 Å². The quantitative estimate of drug-likeness (QED) is 0.753. The molecule has 13 heavy (non-hydrogen) atoms. The Morgan fingerprint density at radius 2 is 2.46 bits per heavy atom. The number of imidazole rings is 1. The predicted octanol–water partition coefficient (Wildman–Crippen LogP) is 1.33. The molecule has 0 radical (unpaired) electrons. The summed E-state index contributed by atoms with van der Waals surface area (Å²) in [7, 11) is 0. The molecule has 0 aliphatic heterocycles. The lowest BCUT2D eigenvalue weighted by Gasteiger charge is -1.98. The fraction of sp³-hybridized carbons (Fsp3) is 0.500. The van der Waals surface area contributed by atoms with Gasteiger partial charge in [0.2, 0.25) is 0 Å². The number of aromatic amines is 1. The molecular weight excluding hydrogens is 192 g/mol. The highest BCUT2D eigenvalue weighted by molar-refractivity contribution is 5.85. The summed E-state index contributed by atoms with van der Waals surface area (Å²) < 4.78 is 4.77. The van der Waals surface area contributed by atoms with Gasteiger partial charge in [0.15, 0.2) is 0 Å². The Kier molecular flexibility index (Phi) is 5.97. The lowest BCUT2D eigenvalue weighted by atomic mass is 10.2. The van der Waals surface area contributed by atoms with Gasteiger partial charge in [-0.3, -0.25) is 4.79 Å². The molecule has 0 bridgehead atoms. The van der Waals surface area contributed by atoms with Crippen molar-refractivity contribution in [1.29, 1.82) is 0 Å². The Bertz CT molecular complexity index is 236. The maximum Gasteiger partial charge on any atom is 0.306 e. The molecular formula is C8H13ClN2O2. The van der Waals surface area contributed by atoms with Gasteiger partial charge in [-0.1, -0.05) is 0 Å². The van der Waals surface area contributed by atoms with Crippen LogP contribution in [0, 0.1) is 0 Å². The number of hydrogen-bond acceptors (Lipinski definition) is 3. The zero-order valence-corrected chi connectivity index (χ0v) is 8.26. The first-order valence-electron chi connectivity index (χ1n) is 3.95. The standard InChI is InChI=1S/C8H12N2O2.ClH/c1-2-12-8(11)4-3-7-5-9-6-10-7;/h5-6H,2-4H2,1H3,(H,9,10);1H. The number of nitrogens with one attached hydrogen (secondary N) is 1. The van der Waals surface area contributed by atoms with Crippen LogP contribution in [0.3, 0.4) is 0 Å². The smallest absolute Gasteiger partial charge is 0.306 e. The third-order valence-electron chi connectivity index (χ3n) is 1.46. The fourth-order valence-electron chi connectivity index (χ4n) is 0.891. The van der Waals surface area contributed by atoms with E-state index in [4.69, 9.17) is 4.74 Å². The zero-order chi connectivity index (χ0) is 8.81. The van der Waals surface area contributed by atoms with Gasteiger partial charge in [-0.05, 0) is 13.3 Å². The SMILES string of the molecule is CCOC(=O)CCc1cnc[nH]1.Cl. The first kappa shape index (κ1) is 12.0. The van der Waals surface area contributed by atoms with Crippen molar-refractivity contribution in [1.82, 2.24) is 9.97 Å². The highest BCUT2D eigenvalue weighted by atomic mass is 35.5. The number of nitrogens with zero attached hydrogens (tertiary/aromatic N) is 1. The van der Waals surface area contributed by atoms with Crippen LogP contribution in [0.5, 0.6) is 0 Å². The highest BCUT2D eigenvalue weighted by Gasteiger charge is 2.02. The summed E-state index contributed by atoms with van der Waals surface area (Å²) in [6, 6.07) is 0. The van der Waals surface area contributed by atoms with E-state index in [9.17, 15) is 4.79 Å². The number of carbonyl (C=O) groups excluding carboxylic acids is 1. The average Bonchev–Trinajstić information content (AvgIpc) is 2.53. The van der Waals surface area contributed by atoms with E-state index in [1.807, 2.05) is 0 Å². The Hall–Kier alpha value is -1.03. The van der Waals surface area contributed by atoms with Crippen molar-refractivity contribution in [2.45, 2.75) is 19.8 Å². The van der Waals surface area contributed by atoms with Gasteiger partial charge in [0.25, 0.3) is 0 Å². The molecule has 74 valence electrons. The van der Waals surface area contributed by atoms with Crippen molar-refractivity contribution in [3.05, 3.63) is 18.2 Å². The number of esters is 1. The Balaban J connectivity index is 0.00000144. The molecule has 1 aromatic heterocycles. The number of carbonyl (C=O) groups is 1. The van der Waals surface area contributed by atoms with Crippen LogP contribution in [0.2, 0.25) is 0 Å². The van der Waals surface area contributed by atoms with Gasteiger partial charge in [0, 0.05) is 11.9 Å². The van der Waals surface area contributed by atoms with Crippen LogP contribution < -0.4 is 0 Å². The summed E-state index contributed by atoms with van der Waals surface area (Å²) in [6.45, 7) is 2.25. The third kappa shape index (κ3) is 4.52. The second-order valence-electron chi connectivity index (χ2n) is 2.38. The number of halogens is 1. The molecule has 5 heteroatoms. The van der Waals surface area contributed by atoms with Crippen LogP contribution in [0.15, 0.2) is 12.5 Å². The van der Waals surface area contributed by atoms with E-state index in [1.165, 1.54) is 0 Å². The van der Waals surface area contributed by atoms with Crippen molar-refractivity contribution in [3.63, 3.8) is 0 Å². The molecule has 1 heterocycles. The van der Waals surface area contributed by atoms with Crippen LogP contribution >= 0.6 is 12.4 Å². The lowest BCUT2D eigenvalue weighted by Crippen LogP contribution is -2.05. The average molecular weight is 205 g/mol. The van der Waals surface area contributed by atoms with E-state index in [-0.39, 0.29) is 18.4 Å². The van der Waals surface area contributed by atoms with E-state index in [0.717, 1.165) is 5.69 Å². The molecule has 0 saturated heterocycles. The largest absolute Gasteiger partial charge is 0.466 e. The Labute approximate surface area is 83.1 Å². The number of rotatable bonds is 4. The minimum absolute atomic E-state index is 0. The maximum absolute atomic E-state index is 10.9. The fourth-order valence-corrected chi connectivity index (χ4v) is 0.891. The second-order valence-corrected chi connectivity index (χ2v) is 2.38. The van der Waals surface area contributed by atoms with E-state index in [2.05, 4.69) is 9.97 Å². The van der Waals surface area contributed by atoms with Gasteiger partial charge in [0.1, 0.15) is 0 Å². The first-order valence-corrected chi connectivity index (χ1v) is 3.95. The first-order chi connectivity index (χ1) is 5.83. The molecule has 0 saturated carbocycles. The number of hydrogen-bond donors (Lipinski definition) is 1. The van der Waals surface area contributed by atoms with Crippen LogP contribution in [-0.4, -0.2) is 22.5 Å². The zero-order valence-electron chi connectivity index (χ0n) is 7.45. The Morgan fingerprint density at radius 3 is 3.00 bits per heavy atom. The summed E-state index contributed by atoms with van der Waals surface area (Å²) in [6.07, 6.45) is 4.38. The molecule has 0 aliphatic carbocycles. The minimum Gasteiger partial charge on any atom is -0.466 e. The summed E-state index contributed by atoms with van der Waals surface area (Å²) in [5.41, 5.74) is 0.961. The van der Waals surface area contributed by atoms with Gasteiger partial charge < -0.3 is 9.72 Å². The van der Waals surface area contributed by atoms with Crippen molar-refractivity contribution in [2.24, 2.45) is 0 Å². The lowest BCUT2D eigenvalue weighted by molar-refractivity contribution is -0.143. The molecule has 0 spiro atoms. The van der Waals surface area contributed by atoms with Crippen LogP contribution in [0.1, 0.15) is 19.0 Å². The molecule has 0 amide bonds. The molecule has 0 aromatic carbocycles. The molecule has 1 aromatic rings. The van der Waals surface area contributed by atoms with E-state index in [1.54, 1.807) is 19.4 Å². The molecule has 4 nitrogen and oxygen atoms in total. The minimum atomic E-state index is -0.160. The monoisotopic (exact) mass is 204 g/mol. The van der Waals surface area contributed by atoms with Gasteiger partial charge in [-0.15, -0.1) is 12.4 Å². The highest BCUT2D eigenvalue weighted by Crippen LogP contribution is 1.97. The van der Waals surface area contributed by atoms with Crippen LogP contribution in [0.25, 0.3) is 0 Å². The van der Waals surface area contributed by atoms with Gasteiger partial charge in [-0.2, -0.15) is 0 Å². The van der Waals surface area contributed by atoms with Crippen molar-refractivity contribution in [2.75, 3.05) is 6.61 Å². The summed E-state index contributed by atoms with van der Waals surface area (Å²) in [4.78, 5) is 17.6. The van der Waals surface area contributed by atoms with Crippen molar-refractivity contribution in [3.8, 4) is 0 Å². The van der Waals surface area contributed by atoms with Crippen molar-refractivity contribution < 1.29 is 9.53 Å². The normalized spacial score (nSPS) is 9.00.